The molecule has 1 amide bonds. The summed E-state index contributed by atoms with van der Waals surface area (Å²) in [6.07, 6.45) is 0.162. The summed E-state index contributed by atoms with van der Waals surface area (Å²) in [6, 6.07) is 9.09. The van der Waals surface area contributed by atoms with E-state index in [0.717, 1.165) is 5.56 Å². The average Bonchev–Trinajstić information content (AvgIpc) is 2.46. The van der Waals surface area contributed by atoms with Gasteiger partial charge < -0.3 is 15.8 Å². The van der Waals surface area contributed by atoms with Crippen LogP contribution in [0.1, 0.15) is 24.9 Å². The van der Waals surface area contributed by atoms with Crippen LogP contribution in [0.5, 0.6) is 0 Å². The first-order valence-electron chi connectivity index (χ1n) is 6.21. The Bertz CT molecular complexity index is 420. The number of esters is 1. The quantitative estimate of drug-likeness (QED) is 0.751. The summed E-state index contributed by atoms with van der Waals surface area (Å²) >= 11 is 0. The number of amides is 1. The van der Waals surface area contributed by atoms with E-state index in [4.69, 9.17) is 5.73 Å². The molecular formula is C14H20N2O3. The van der Waals surface area contributed by atoms with Crippen molar-refractivity contribution < 1.29 is 14.3 Å². The van der Waals surface area contributed by atoms with E-state index in [-0.39, 0.29) is 36.8 Å². The summed E-state index contributed by atoms with van der Waals surface area (Å²) in [5.74, 6) is -0.874. The first kappa shape index (κ1) is 15.2. The lowest BCUT2D eigenvalue weighted by molar-refractivity contribution is -0.140. The van der Waals surface area contributed by atoms with Crippen LogP contribution in [0.2, 0.25) is 0 Å². The molecular weight excluding hydrogens is 244 g/mol. The third-order valence-electron chi connectivity index (χ3n) is 2.99. The molecule has 0 fully saturated rings. The van der Waals surface area contributed by atoms with Crippen molar-refractivity contribution >= 4 is 11.9 Å². The maximum Gasteiger partial charge on any atom is 0.307 e. The third kappa shape index (κ3) is 4.71. The fourth-order valence-electron chi connectivity index (χ4n) is 1.68. The normalized spacial score (nSPS) is 13.4. The molecule has 3 N–H and O–H groups in total. The van der Waals surface area contributed by atoms with Crippen LogP contribution in [0.3, 0.4) is 0 Å². The molecule has 0 radical (unpaired) electrons. The molecule has 5 heteroatoms. The molecule has 1 aromatic rings. The zero-order valence-corrected chi connectivity index (χ0v) is 11.3. The van der Waals surface area contributed by atoms with Crippen molar-refractivity contribution in [3.63, 3.8) is 0 Å². The summed E-state index contributed by atoms with van der Waals surface area (Å²) in [5.41, 5.74) is 6.96. The number of hydrogen-bond acceptors (Lipinski definition) is 4. The maximum absolute atomic E-state index is 11.9. The van der Waals surface area contributed by atoms with Gasteiger partial charge in [0.05, 0.1) is 19.4 Å². The molecule has 0 spiro atoms. The van der Waals surface area contributed by atoms with Gasteiger partial charge in [-0.15, -0.1) is 0 Å². The highest BCUT2D eigenvalue weighted by Gasteiger charge is 2.21. The van der Waals surface area contributed by atoms with Gasteiger partial charge in [-0.25, -0.2) is 0 Å². The highest BCUT2D eigenvalue weighted by Crippen LogP contribution is 2.18. The molecule has 0 aliphatic rings. The zero-order chi connectivity index (χ0) is 14.3. The molecule has 0 saturated carbocycles. The standard InChI is InChI=1S/C14H20N2O3/c1-10(13(15)11-6-4-3-5-7-11)14(18)16-9-8-12(17)19-2/h3-7,10,13H,8-9,15H2,1-2H3,(H,16,18). The number of hydrogen-bond donors (Lipinski definition) is 2. The van der Waals surface area contributed by atoms with Gasteiger partial charge in [-0.05, 0) is 5.56 Å². The highest BCUT2D eigenvalue weighted by molar-refractivity contribution is 5.80. The Balaban J connectivity index is 2.46. The first-order valence-corrected chi connectivity index (χ1v) is 6.21. The van der Waals surface area contributed by atoms with Gasteiger partial charge in [0.2, 0.25) is 5.91 Å². The van der Waals surface area contributed by atoms with Crippen LogP contribution in [-0.2, 0) is 14.3 Å². The Labute approximate surface area is 113 Å². The molecule has 19 heavy (non-hydrogen) atoms. The van der Waals surface area contributed by atoms with Gasteiger partial charge in [-0.3, -0.25) is 9.59 Å². The fraction of sp³-hybridized carbons (Fsp3) is 0.429. The summed E-state index contributed by atoms with van der Waals surface area (Å²) in [7, 11) is 1.32. The Hall–Kier alpha value is -1.88. The Morgan fingerprint density at radius 1 is 1.32 bits per heavy atom. The monoisotopic (exact) mass is 264 g/mol. The Morgan fingerprint density at radius 2 is 1.95 bits per heavy atom. The number of rotatable bonds is 6. The van der Waals surface area contributed by atoms with E-state index in [1.54, 1.807) is 6.92 Å². The van der Waals surface area contributed by atoms with Crippen molar-refractivity contribution in [2.45, 2.75) is 19.4 Å². The average molecular weight is 264 g/mol. The summed E-state index contributed by atoms with van der Waals surface area (Å²) in [4.78, 5) is 22.8. The van der Waals surface area contributed by atoms with Crippen molar-refractivity contribution in [3.05, 3.63) is 35.9 Å². The topological polar surface area (TPSA) is 81.4 Å². The van der Waals surface area contributed by atoms with Crippen LogP contribution >= 0.6 is 0 Å². The van der Waals surface area contributed by atoms with Crippen molar-refractivity contribution in [2.24, 2.45) is 11.7 Å². The van der Waals surface area contributed by atoms with E-state index in [2.05, 4.69) is 10.1 Å². The van der Waals surface area contributed by atoms with E-state index in [9.17, 15) is 9.59 Å². The van der Waals surface area contributed by atoms with Gasteiger partial charge in [0.1, 0.15) is 0 Å². The summed E-state index contributed by atoms with van der Waals surface area (Å²) < 4.78 is 4.49. The molecule has 1 rings (SSSR count). The minimum Gasteiger partial charge on any atom is -0.469 e. The van der Waals surface area contributed by atoms with E-state index < -0.39 is 0 Å². The van der Waals surface area contributed by atoms with Gasteiger partial charge in [0.25, 0.3) is 0 Å². The van der Waals surface area contributed by atoms with E-state index in [1.807, 2.05) is 30.3 Å². The molecule has 0 aliphatic heterocycles. The predicted octanol–water partition coefficient (Wildman–Crippen LogP) is 1.00. The highest BCUT2D eigenvalue weighted by atomic mass is 16.5. The second-order valence-corrected chi connectivity index (χ2v) is 4.34. The van der Waals surface area contributed by atoms with E-state index in [1.165, 1.54) is 7.11 Å². The second-order valence-electron chi connectivity index (χ2n) is 4.34. The molecule has 2 atom stereocenters. The number of nitrogens with two attached hydrogens (primary N) is 1. The predicted molar refractivity (Wildman–Crippen MR) is 72.2 cm³/mol. The van der Waals surface area contributed by atoms with Gasteiger partial charge in [-0.1, -0.05) is 37.3 Å². The smallest absolute Gasteiger partial charge is 0.307 e. The van der Waals surface area contributed by atoms with Gasteiger partial charge in [-0.2, -0.15) is 0 Å². The number of carbonyl (C=O) groups excluding carboxylic acids is 2. The SMILES string of the molecule is COC(=O)CCNC(=O)C(C)C(N)c1ccccc1. The van der Waals surface area contributed by atoms with Gasteiger partial charge in [0, 0.05) is 12.6 Å². The van der Waals surface area contributed by atoms with Crippen molar-refractivity contribution in [3.8, 4) is 0 Å². The molecule has 0 aliphatic carbocycles. The zero-order valence-electron chi connectivity index (χ0n) is 11.3. The van der Waals surface area contributed by atoms with Crippen LogP contribution in [0.4, 0.5) is 0 Å². The maximum atomic E-state index is 11.9. The largest absolute Gasteiger partial charge is 0.469 e. The Morgan fingerprint density at radius 3 is 2.53 bits per heavy atom. The van der Waals surface area contributed by atoms with Crippen LogP contribution in [0.25, 0.3) is 0 Å². The molecule has 0 bridgehead atoms. The van der Waals surface area contributed by atoms with Crippen LogP contribution in [-0.4, -0.2) is 25.5 Å². The van der Waals surface area contributed by atoms with E-state index >= 15 is 0 Å². The van der Waals surface area contributed by atoms with Gasteiger partial charge in [0.15, 0.2) is 0 Å². The van der Waals surface area contributed by atoms with Crippen molar-refractivity contribution in [1.29, 1.82) is 0 Å². The Kier molecular flexibility index (Phi) is 6.02. The van der Waals surface area contributed by atoms with Gasteiger partial charge >= 0.3 is 5.97 Å². The number of benzene rings is 1. The molecule has 1 aromatic carbocycles. The van der Waals surface area contributed by atoms with Crippen molar-refractivity contribution in [1.82, 2.24) is 5.32 Å². The minimum atomic E-state index is -0.362. The second kappa shape index (κ2) is 7.53. The lowest BCUT2D eigenvalue weighted by Crippen LogP contribution is -2.36. The summed E-state index contributed by atoms with van der Waals surface area (Å²) in [6.45, 7) is 2.03. The third-order valence-corrected chi connectivity index (χ3v) is 2.99. The number of nitrogens with one attached hydrogen (secondary N) is 1. The van der Waals surface area contributed by atoms with Crippen LogP contribution in [0, 0.1) is 5.92 Å². The minimum absolute atomic E-state index is 0.162. The molecule has 5 nitrogen and oxygen atoms in total. The van der Waals surface area contributed by atoms with Crippen molar-refractivity contribution in [2.75, 3.05) is 13.7 Å². The number of ether oxygens (including phenoxy) is 1. The molecule has 0 aromatic heterocycles. The van der Waals surface area contributed by atoms with Crippen LogP contribution in [0.15, 0.2) is 30.3 Å². The summed E-state index contributed by atoms with van der Waals surface area (Å²) in [5, 5.41) is 2.68. The first-order chi connectivity index (χ1) is 9.06. The van der Waals surface area contributed by atoms with Crippen LogP contribution < -0.4 is 11.1 Å². The van der Waals surface area contributed by atoms with E-state index in [0.29, 0.717) is 0 Å². The molecule has 2 unspecified atom stereocenters. The molecule has 104 valence electrons. The molecule has 0 heterocycles. The lowest BCUT2D eigenvalue weighted by atomic mass is 9.95. The fourth-order valence-corrected chi connectivity index (χ4v) is 1.68. The lowest BCUT2D eigenvalue weighted by Gasteiger charge is -2.19. The number of methoxy groups -OCH3 is 1. The number of carbonyl (C=O) groups is 2. The molecule has 0 saturated heterocycles.